The molecule has 0 aromatic rings. The van der Waals surface area contributed by atoms with E-state index in [2.05, 4.69) is 39.0 Å². The lowest BCUT2D eigenvalue weighted by atomic mass is 9.91. The molecular weight excluding hydrogens is 324 g/mol. The Kier molecular flexibility index (Phi) is 7.36. The summed E-state index contributed by atoms with van der Waals surface area (Å²) in [6.45, 7) is 11.7. The molecular formula is C23H32O3. The summed E-state index contributed by atoms with van der Waals surface area (Å²) in [6, 6.07) is 0. The van der Waals surface area contributed by atoms with Crippen LogP contribution in [0.15, 0.2) is 58.7 Å². The van der Waals surface area contributed by atoms with Gasteiger partial charge in [0.1, 0.15) is 0 Å². The quantitative estimate of drug-likeness (QED) is 0.614. The number of rotatable bonds is 5. The van der Waals surface area contributed by atoms with Gasteiger partial charge in [0, 0.05) is 11.8 Å². The number of hydrogen-bond donors (Lipinski definition) is 0. The lowest BCUT2D eigenvalue weighted by Gasteiger charge is -2.34. The Bertz CT molecular complexity index is 662. The van der Waals surface area contributed by atoms with Crippen molar-refractivity contribution in [1.82, 2.24) is 0 Å². The highest BCUT2D eigenvalue weighted by atomic mass is 16.7. The second-order valence-corrected chi connectivity index (χ2v) is 8.08. The third-order valence-electron chi connectivity index (χ3n) is 4.75. The Hall–Kier alpha value is -1.71. The topological polar surface area (TPSA) is 35.5 Å². The van der Waals surface area contributed by atoms with Gasteiger partial charge in [0.05, 0.1) is 13.2 Å². The van der Waals surface area contributed by atoms with Crippen LogP contribution in [0, 0.1) is 5.41 Å². The number of ether oxygens (including phenoxy) is 2. The highest BCUT2D eigenvalue weighted by Crippen LogP contribution is 2.26. The Labute approximate surface area is 158 Å². The van der Waals surface area contributed by atoms with Crippen LogP contribution in [-0.4, -0.2) is 25.3 Å². The van der Waals surface area contributed by atoms with E-state index in [0.717, 1.165) is 29.6 Å². The molecule has 2 aliphatic rings. The van der Waals surface area contributed by atoms with E-state index in [0.29, 0.717) is 19.6 Å². The van der Waals surface area contributed by atoms with E-state index < -0.39 is 0 Å². The Morgan fingerprint density at radius 1 is 1.08 bits per heavy atom. The molecule has 0 bridgehead atoms. The van der Waals surface area contributed by atoms with E-state index in [-0.39, 0.29) is 17.5 Å². The number of carbonyl (C=O) groups excluding carboxylic acids is 1. The van der Waals surface area contributed by atoms with Gasteiger partial charge in [-0.1, -0.05) is 55.9 Å². The van der Waals surface area contributed by atoms with Crippen LogP contribution in [0.5, 0.6) is 0 Å². The van der Waals surface area contributed by atoms with Gasteiger partial charge in [0.2, 0.25) is 0 Å². The van der Waals surface area contributed by atoms with E-state index >= 15 is 0 Å². The number of hydrogen-bond acceptors (Lipinski definition) is 3. The van der Waals surface area contributed by atoms with Crippen LogP contribution in [-0.2, 0) is 14.3 Å². The van der Waals surface area contributed by atoms with Gasteiger partial charge in [0.25, 0.3) is 0 Å². The maximum absolute atomic E-state index is 11.7. The van der Waals surface area contributed by atoms with Gasteiger partial charge in [-0.3, -0.25) is 4.79 Å². The van der Waals surface area contributed by atoms with Gasteiger partial charge in [-0.2, -0.15) is 0 Å². The molecule has 0 saturated carbocycles. The molecule has 0 N–H and O–H groups in total. The Morgan fingerprint density at radius 2 is 1.73 bits per heavy atom. The summed E-state index contributed by atoms with van der Waals surface area (Å²) < 4.78 is 11.5. The summed E-state index contributed by atoms with van der Waals surface area (Å²) in [5.41, 5.74) is 4.40. The molecule has 1 saturated heterocycles. The zero-order chi connectivity index (χ0) is 19.2. The molecule has 2 rings (SSSR count). The standard InChI is InChI=1S/C23H32O3/c1-17(13-14-20-11-8-12-21(24)19(20)3)9-6-7-10-18(2)22-25-15-23(4,5)16-26-22/h6-7,9-10,13-14,22H,8,11-12,15-16H2,1-5H3/b7-6+,14-13+,17-9-,18-10-. The van der Waals surface area contributed by atoms with Gasteiger partial charge in [-0.05, 0) is 50.3 Å². The van der Waals surface area contributed by atoms with Crippen LogP contribution in [0.4, 0.5) is 0 Å². The van der Waals surface area contributed by atoms with Crippen molar-refractivity contribution in [3.63, 3.8) is 0 Å². The van der Waals surface area contributed by atoms with E-state index in [9.17, 15) is 4.79 Å². The second kappa shape index (κ2) is 9.29. The Morgan fingerprint density at radius 3 is 2.42 bits per heavy atom. The zero-order valence-electron chi connectivity index (χ0n) is 16.8. The maximum atomic E-state index is 11.7. The molecule has 26 heavy (non-hydrogen) atoms. The third kappa shape index (κ3) is 6.22. The van der Waals surface area contributed by atoms with Gasteiger partial charge in [0.15, 0.2) is 12.1 Å². The Balaban J connectivity index is 1.89. The average molecular weight is 357 g/mol. The minimum atomic E-state index is -0.239. The van der Waals surface area contributed by atoms with Crippen molar-refractivity contribution in [2.45, 2.75) is 60.2 Å². The molecule has 0 unspecified atom stereocenters. The van der Waals surface area contributed by atoms with Crippen molar-refractivity contribution in [2.75, 3.05) is 13.2 Å². The lowest BCUT2D eigenvalue weighted by Crippen LogP contribution is -2.38. The molecule has 1 aliphatic heterocycles. The number of ketones is 1. The van der Waals surface area contributed by atoms with Crippen LogP contribution < -0.4 is 0 Å². The molecule has 0 aromatic heterocycles. The highest BCUT2D eigenvalue weighted by molar-refractivity contribution is 5.96. The number of allylic oxidation sites excluding steroid dienone is 9. The fraction of sp³-hybridized carbons (Fsp3) is 0.522. The van der Waals surface area contributed by atoms with Gasteiger partial charge in [-0.25, -0.2) is 0 Å². The molecule has 1 fully saturated rings. The molecule has 3 nitrogen and oxygen atoms in total. The summed E-state index contributed by atoms with van der Waals surface area (Å²) in [6.07, 6.45) is 14.7. The summed E-state index contributed by atoms with van der Waals surface area (Å²) in [7, 11) is 0. The lowest BCUT2D eigenvalue weighted by molar-refractivity contribution is -0.202. The monoisotopic (exact) mass is 356 g/mol. The van der Waals surface area contributed by atoms with Crippen molar-refractivity contribution in [1.29, 1.82) is 0 Å². The average Bonchev–Trinajstić information content (AvgIpc) is 2.59. The van der Waals surface area contributed by atoms with Crippen molar-refractivity contribution in [3.05, 3.63) is 58.7 Å². The summed E-state index contributed by atoms with van der Waals surface area (Å²) >= 11 is 0. The summed E-state index contributed by atoms with van der Waals surface area (Å²) in [5, 5.41) is 0. The molecule has 3 heteroatoms. The first-order valence-electron chi connectivity index (χ1n) is 9.44. The van der Waals surface area contributed by atoms with Crippen molar-refractivity contribution < 1.29 is 14.3 Å². The minimum absolute atomic E-state index is 0.0928. The van der Waals surface area contributed by atoms with E-state index in [1.54, 1.807) is 0 Å². The fourth-order valence-electron chi connectivity index (χ4n) is 2.94. The van der Waals surface area contributed by atoms with Crippen LogP contribution in [0.1, 0.15) is 53.9 Å². The largest absolute Gasteiger partial charge is 0.348 e. The highest BCUT2D eigenvalue weighted by Gasteiger charge is 2.28. The van der Waals surface area contributed by atoms with E-state index in [1.165, 1.54) is 5.57 Å². The minimum Gasteiger partial charge on any atom is -0.348 e. The molecule has 0 spiro atoms. The fourth-order valence-corrected chi connectivity index (χ4v) is 2.94. The van der Waals surface area contributed by atoms with Gasteiger partial charge >= 0.3 is 0 Å². The third-order valence-corrected chi connectivity index (χ3v) is 4.75. The van der Waals surface area contributed by atoms with Crippen LogP contribution in [0.25, 0.3) is 0 Å². The van der Waals surface area contributed by atoms with Crippen LogP contribution in [0.3, 0.4) is 0 Å². The molecule has 0 atom stereocenters. The summed E-state index contributed by atoms with van der Waals surface area (Å²) in [4.78, 5) is 11.7. The second-order valence-electron chi connectivity index (χ2n) is 8.08. The summed E-state index contributed by atoms with van der Waals surface area (Å²) in [5.74, 6) is 0.286. The molecule has 142 valence electrons. The smallest absolute Gasteiger partial charge is 0.179 e. The predicted octanol–water partition coefficient (Wildman–Crippen LogP) is 5.46. The first kappa shape index (κ1) is 20.6. The zero-order valence-corrected chi connectivity index (χ0v) is 16.8. The molecule has 0 radical (unpaired) electrons. The van der Waals surface area contributed by atoms with Crippen molar-refractivity contribution in [2.24, 2.45) is 5.41 Å². The SMILES string of the molecule is CC1=C(/C=C/C(C)=C\C=C\C=C(\C)C2OCC(C)(C)CO2)CCCC1=O. The molecule has 0 amide bonds. The van der Waals surface area contributed by atoms with Crippen LogP contribution in [0.2, 0.25) is 0 Å². The van der Waals surface area contributed by atoms with Gasteiger partial charge < -0.3 is 9.47 Å². The first-order valence-corrected chi connectivity index (χ1v) is 9.44. The maximum Gasteiger partial charge on any atom is 0.179 e. The first-order chi connectivity index (χ1) is 12.3. The number of carbonyl (C=O) groups is 1. The molecule has 1 heterocycles. The number of Topliss-reactive ketones (excluding diaryl/α,β-unsaturated/α-hetero) is 1. The normalized spacial score (nSPS) is 23.5. The van der Waals surface area contributed by atoms with Gasteiger partial charge in [-0.15, -0.1) is 0 Å². The van der Waals surface area contributed by atoms with Crippen molar-refractivity contribution >= 4 is 5.78 Å². The molecule has 1 aliphatic carbocycles. The predicted molar refractivity (Wildman–Crippen MR) is 107 cm³/mol. The van der Waals surface area contributed by atoms with E-state index in [1.807, 2.05) is 32.1 Å². The van der Waals surface area contributed by atoms with E-state index in [4.69, 9.17) is 9.47 Å². The van der Waals surface area contributed by atoms with Crippen LogP contribution >= 0.6 is 0 Å². The van der Waals surface area contributed by atoms with Crippen molar-refractivity contribution in [3.8, 4) is 0 Å². The molecule has 0 aromatic carbocycles.